The van der Waals surface area contributed by atoms with Crippen molar-refractivity contribution in [3.05, 3.63) is 18.5 Å². The van der Waals surface area contributed by atoms with E-state index in [1.807, 2.05) is 13.1 Å². The van der Waals surface area contributed by atoms with Crippen LogP contribution in [0.5, 0.6) is 0 Å². The SMILES string of the molecule is CN=C(NCC1CCN(CCOC)CC1)N1CCN(c2ncccn2)CC1.I. The summed E-state index contributed by atoms with van der Waals surface area (Å²) in [4.78, 5) is 20.3. The van der Waals surface area contributed by atoms with Gasteiger partial charge in [0.1, 0.15) is 0 Å². The Labute approximate surface area is 185 Å². The molecule has 0 amide bonds. The van der Waals surface area contributed by atoms with E-state index < -0.39 is 0 Å². The Bertz CT molecular complexity index is 573. The van der Waals surface area contributed by atoms with E-state index in [0.29, 0.717) is 0 Å². The third-order valence-electron chi connectivity index (χ3n) is 5.49. The number of nitrogens with one attached hydrogen (secondary N) is 1. The largest absolute Gasteiger partial charge is 0.383 e. The van der Waals surface area contributed by atoms with Crippen LogP contribution in [-0.2, 0) is 4.74 Å². The number of guanidine groups is 1. The van der Waals surface area contributed by atoms with Gasteiger partial charge in [-0.2, -0.15) is 0 Å². The first-order chi connectivity index (χ1) is 13.3. The Kier molecular flexibility index (Phi) is 10.2. The smallest absolute Gasteiger partial charge is 0.225 e. The number of ether oxygens (including phenoxy) is 1. The fraction of sp³-hybridized carbons (Fsp3) is 0.737. The Morgan fingerprint density at radius 3 is 2.43 bits per heavy atom. The Morgan fingerprint density at radius 2 is 1.82 bits per heavy atom. The van der Waals surface area contributed by atoms with Gasteiger partial charge in [-0.15, -0.1) is 24.0 Å². The van der Waals surface area contributed by atoms with Gasteiger partial charge in [-0.1, -0.05) is 0 Å². The van der Waals surface area contributed by atoms with E-state index in [1.54, 1.807) is 19.5 Å². The first-order valence-corrected chi connectivity index (χ1v) is 9.99. The van der Waals surface area contributed by atoms with Crippen molar-refractivity contribution in [1.82, 2.24) is 25.1 Å². The Morgan fingerprint density at radius 1 is 1.14 bits per heavy atom. The van der Waals surface area contributed by atoms with E-state index >= 15 is 0 Å². The number of aromatic nitrogens is 2. The number of likely N-dealkylation sites (tertiary alicyclic amines) is 1. The summed E-state index contributed by atoms with van der Waals surface area (Å²) < 4.78 is 5.18. The molecule has 2 fully saturated rings. The highest BCUT2D eigenvalue weighted by atomic mass is 127. The van der Waals surface area contributed by atoms with Gasteiger partial charge in [0.25, 0.3) is 0 Å². The molecule has 2 aliphatic rings. The molecule has 0 aromatic carbocycles. The lowest BCUT2D eigenvalue weighted by Crippen LogP contribution is -2.53. The summed E-state index contributed by atoms with van der Waals surface area (Å²) in [6.07, 6.45) is 6.09. The minimum Gasteiger partial charge on any atom is -0.383 e. The second-order valence-electron chi connectivity index (χ2n) is 7.23. The summed E-state index contributed by atoms with van der Waals surface area (Å²) in [7, 11) is 3.65. The van der Waals surface area contributed by atoms with E-state index in [9.17, 15) is 0 Å². The topological polar surface area (TPSA) is 69.1 Å². The van der Waals surface area contributed by atoms with E-state index in [0.717, 1.165) is 63.7 Å². The van der Waals surface area contributed by atoms with E-state index in [4.69, 9.17) is 4.74 Å². The summed E-state index contributed by atoms with van der Waals surface area (Å²) in [6, 6.07) is 1.85. The van der Waals surface area contributed by atoms with Crippen LogP contribution >= 0.6 is 24.0 Å². The van der Waals surface area contributed by atoms with Gasteiger partial charge < -0.3 is 24.8 Å². The van der Waals surface area contributed by atoms with Crippen LogP contribution in [0.1, 0.15) is 12.8 Å². The molecule has 0 radical (unpaired) electrons. The lowest BCUT2D eigenvalue weighted by Gasteiger charge is -2.37. The predicted molar refractivity (Wildman–Crippen MR) is 124 cm³/mol. The van der Waals surface area contributed by atoms with Crippen molar-refractivity contribution in [3.8, 4) is 0 Å². The van der Waals surface area contributed by atoms with Crippen LogP contribution in [0.25, 0.3) is 0 Å². The first kappa shape index (κ1) is 23.1. The molecular formula is C19H34IN7O. The zero-order valence-corrected chi connectivity index (χ0v) is 19.4. The van der Waals surface area contributed by atoms with Crippen LogP contribution in [0.4, 0.5) is 5.95 Å². The van der Waals surface area contributed by atoms with Crippen LogP contribution in [0, 0.1) is 5.92 Å². The van der Waals surface area contributed by atoms with E-state index in [2.05, 4.69) is 35.0 Å². The van der Waals surface area contributed by atoms with Crippen molar-refractivity contribution >= 4 is 35.9 Å². The molecule has 8 nitrogen and oxygen atoms in total. The number of halogens is 1. The van der Waals surface area contributed by atoms with Crippen LogP contribution in [0.15, 0.2) is 23.5 Å². The number of hydrogen-bond donors (Lipinski definition) is 1. The molecule has 28 heavy (non-hydrogen) atoms. The molecule has 2 aliphatic heterocycles. The summed E-state index contributed by atoms with van der Waals surface area (Å²) in [5.74, 6) is 2.56. The molecule has 3 heterocycles. The molecule has 0 spiro atoms. The van der Waals surface area contributed by atoms with Gasteiger partial charge in [-0.3, -0.25) is 4.99 Å². The van der Waals surface area contributed by atoms with Crippen molar-refractivity contribution < 1.29 is 4.74 Å². The minimum absolute atomic E-state index is 0. The van der Waals surface area contributed by atoms with Gasteiger partial charge in [0.15, 0.2) is 5.96 Å². The monoisotopic (exact) mass is 503 g/mol. The van der Waals surface area contributed by atoms with Crippen LogP contribution < -0.4 is 10.2 Å². The van der Waals surface area contributed by atoms with Gasteiger partial charge in [-0.25, -0.2) is 9.97 Å². The average molecular weight is 503 g/mol. The van der Waals surface area contributed by atoms with Gasteiger partial charge >= 0.3 is 0 Å². The van der Waals surface area contributed by atoms with E-state index in [1.165, 1.54) is 25.9 Å². The zero-order valence-electron chi connectivity index (χ0n) is 17.1. The normalized spacial score (nSPS) is 19.4. The molecular weight excluding hydrogens is 469 g/mol. The number of aliphatic imine (C=N–C) groups is 1. The first-order valence-electron chi connectivity index (χ1n) is 9.99. The van der Waals surface area contributed by atoms with E-state index in [-0.39, 0.29) is 24.0 Å². The molecule has 9 heteroatoms. The molecule has 0 atom stereocenters. The van der Waals surface area contributed by atoms with Gasteiger partial charge in [0, 0.05) is 65.8 Å². The molecule has 1 aromatic rings. The summed E-state index contributed by atoms with van der Waals surface area (Å²) >= 11 is 0. The van der Waals surface area contributed by atoms with Crippen molar-refractivity contribution in [1.29, 1.82) is 0 Å². The Balaban J connectivity index is 0.00000280. The molecule has 3 rings (SSSR count). The van der Waals surface area contributed by atoms with Crippen molar-refractivity contribution in [2.24, 2.45) is 10.9 Å². The maximum Gasteiger partial charge on any atom is 0.225 e. The maximum absolute atomic E-state index is 5.18. The molecule has 0 unspecified atom stereocenters. The molecule has 0 saturated carbocycles. The zero-order chi connectivity index (χ0) is 18.9. The van der Waals surface area contributed by atoms with Crippen LogP contribution in [0.2, 0.25) is 0 Å². The Hall–Kier alpha value is -1.20. The number of piperazine rings is 1. The number of piperidine rings is 1. The molecule has 0 aliphatic carbocycles. The fourth-order valence-electron chi connectivity index (χ4n) is 3.78. The second-order valence-corrected chi connectivity index (χ2v) is 7.23. The number of nitrogens with zero attached hydrogens (tertiary/aromatic N) is 6. The standard InChI is InChI=1S/C19H33N7O.HI/c1-20-18(23-16-17-4-8-24(9-5-17)14-15-27-2)25-10-12-26(13-11-25)19-21-6-3-7-22-19;/h3,6-7,17H,4-5,8-16H2,1-2H3,(H,20,23);1H. The summed E-state index contributed by atoms with van der Waals surface area (Å²) in [5.41, 5.74) is 0. The van der Waals surface area contributed by atoms with Crippen molar-refractivity contribution in [3.63, 3.8) is 0 Å². The highest BCUT2D eigenvalue weighted by Crippen LogP contribution is 2.16. The molecule has 2 saturated heterocycles. The lowest BCUT2D eigenvalue weighted by molar-refractivity contribution is 0.120. The number of anilines is 1. The van der Waals surface area contributed by atoms with Crippen molar-refractivity contribution in [2.75, 3.05) is 78.0 Å². The highest BCUT2D eigenvalue weighted by Gasteiger charge is 2.23. The predicted octanol–water partition coefficient (Wildman–Crippen LogP) is 1.15. The fourth-order valence-corrected chi connectivity index (χ4v) is 3.78. The van der Waals surface area contributed by atoms with Gasteiger partial charge in [0.2, 0.25) is 5.95 Å². The molecule has 1 N–H and O–H groups in total. The summed E-state index contributed by atoms with van der Waals surface area (Å²) in [5, 5.41) is 3.60. The third-order valence-corrected chi connectivity index (χ3v) is 5.49. The lowest BCUT2D eigenvalue weighted by atomic mass is 9.97. The quantitative estimate of drug-likeness (QED) is 0.355. The highest BCUT2D eigenvalue weighted by molar-refractivity contribution is 14.0. The van der Waals surface area contributed by atoms with Gasteiger partial charge in [-0.05, 0) is 37.9 Å². The molecule has 1 aromatic heterocycles. The minimum atomic E-state index is 0. The average Bonchev–Trinajstić information content (AvgIpc) is 2.74. The molecule has 158 valence electrons. The maximum atomic E-state index is 5.18. The number of rotatable bonds is 6. The van der Waals surface area contributed by atoms with Crippen molar-refractivity contribution in [2.45, 2.75) is 12.8 Å². The number of methoxy groups -OCH3 is 1. The molecule has 0 bridgehead atoms. The number of hydrogen-bond acceptors (Lipinski definition) is 6. The second kappa shape index (κ2) is 12.4. The van der Waals surface area contributed by atoms with Gasteiger partial charge in [0.05, 0.1) is 6.61 Å². The van der Waals surface area contributed by atoms with Crippen LogP contribution in [-0.4, -0.2) is 98.8 Å². The summed E-state index contributed by atoms with van der Waals surface area (Å²) in [6.45, 7) is 8.94. The van der Waals surface area contributed by atoms with Crippen LogP contribution in [0.3, 0.4) is 0 Å². The third kappa shape index (κ3) is 6.70.